The zero-order valence-electron chi connectivity index (χ0n) is 13.2. The number of hydrogen-bond donors (Lipinski definition) is 1. The number of halogens is 3. The van der Waals surface area contributed by atoms with Crippen molar-refractivity contribution in [3.63, 3.8) is 0 Å². The Morgan fingerprint density at radius 2 is 2.00 bits per heavy atom. The van der Waals surface area contributed by atoms with Crippen LogP contribution in [0.15, 0.2) is 0 Å². The van der Waals surface area contributed by atoms with Gasteiger partial charge in [-0.25, -0.2) is 0 Å². The summed E-state index contributed by atoms with van der Waals surface area (Å²) in [5.41, 5.74) is -0.799. The monoisotopic (exact) mass is 333 g/mol. The molecule has 1 spiro atoms. The maximum atomic E-state index is 12.9. The maximum absolute atomic E-state index is 12.9. The topological polar surface area (TPSA) is 52.7 Å². The maximum Gasteiger partial charge on any atom is 0.471 e. The van der Waals surface area contributed by atoms with E-state index in [1.807, 2.05) is 6.92 Å². The highest BCUT2D eigenvalue weighted by Crippen LogP contribution is 2.47. The first-order valence-electron chi connectivity index (χ1n) is 8.21. The number of piperazine rings is 1. The molecule has 1 N–H and O–H groups in total. The van der Waals surface area contributed by atoms with Gasteiger partial charge in [0, 0.05) is 19.1 Å². The van der Waals surface area contributed by atoms with Crippen LogP contribution in [0, 0.1) is 0 Å². The van der Waals surface area contributed by atoms with Crippen molar-refractivity contribution in [3.05, 3.63) is 0 Å². The molecule has 130 valence electrons. The van der Waals surface area contributed by atoms with E-state index in [-0.39, 0.29) is 31.1 Å². The molecular weight excluding hydrogens is 311 g/mol. The third kappa shape index (κ3) is 2.93. The Labute approximate surface area is 133 Å². The predicted octanol–water partition coefficient (Wildman–Crippen LogP) is 1.28. The van der Waals surface area contributed by atoms with Gasteiger partial charge in [-0.05, 0) is 38.6 Å². The van der Waals surface area contributed by atoms with Crippen LogP contribution in [0.5, 0.6) is 0 Å². The molecule has 0 aromatic rings. The molecule has 2 amide bonds. The zero-order valence-corrected chi connectivity index (χ0v) is 13.2. The first-order valence-corrected chi connectivity index (χ1v) is 8.21. The molecule has 0 unspecified atom stereocenters. The van der Waals surface area contributed by atoms with Gasteiger partial charge in [-0.2, -0.15) is 13.2 Å². The molecule has 1 saturated carbocycles. The van der Waals surface area contributed by atoms with Gasteiger partial charge in [0.25, 0.3) is 0 Å². The third-order valence-electron chi connectivity index (χ3n) is 5.30. The van der Waals surface area contributed by atoms with E-state index in [0.29, 0.717) is 19.3 Å². The average molecular weight is 333 g/mol. The molecule has 3 fully saturated rings. The van der Waals surface area contributed by atoms with Crippen molar-refractivity contribution in [1.82, 2.24) is 15.1 Å². The molecular formula is C15H22F3N3O2. The predicted molar refractivity (Wildman–Crippen MR) is 76.5 cm³/mol. The van der Waals surface area contributed by atoms with E-state index >= 15 is 0 Å². The lowest BCUT2D eigenvalue weighted by molar-refractivity contribution is -0.193. The van der Waals surface area contributed by atoms with E-state index in [9.17, 15) is 22.8 Å². The van der Waals surface area contributed by atoms with Crippen molar-refractivity contribution in [2.45, 2.75) is 62.8 Å². The number of nitrogens with zero attached hydrogens (tertiary/aromatic N) is 2. The van der Waals surface area contributed by atoms with Gasteiger partial charge in [-0.3, -0.25) is 9.59 Å². The molecule has 0 radical (unpaired) electrons. The lowest BCUT2D eigenvalue weighted by Gasteiger charge is -2.47. The van der Waals surface area contributed by atoms with Crippen LogP contribution in [-0.2, 0) is 9.59 Å². The summed E-state index contributed by atoms with van der Waals surface area (Å²) < 4.78 is 38.6. The lowest BCUT2D eigenvalue weighted by Crippen LogP contribution is -2.65. The molecule has 2 saturated heterocycles. The van der Waals surface area contributed by atoms with Gasteiger partial charge < -0.3 is 15.1 Å². The molecule has 0 aromatic carbocycles. The van der Waals surface area contributed by atoms with E-state index in [1.165, 1.54) is 0 Å². The summed E-state index contributed by atoms with van der Waals surface area (Å²) in [6.07, 6.45) is -1.54. The highest BCUT2D eigenvalue weighted by atomic mass is 19.4. The molecule has 1 aliphatic carbocycles. The minimum Gasteiger partial charge on any atom is -0.334 e. The second-order valence-electron chi connectivity index (χ2n) is 6.82. The standard InChI is InChI=1S/C15H22F3N3O2/c1-2-10-8-21(13(23)15(16,17)18)14(5-6-14)9-20(10)12(22)11-4-3-7-19-11/h10-11,19H,2-9H2,1H3/t10-,11+/m1/s1. The molecule has 0 bridgehead atoms. The summed E-state index contributed by atoms with van der Waals surface area (Å²) in [6.45, 7) is 2.84. The molecule has 8 heteroatoms. The minimum atomic E-state index is -4.85. The van der Waals surface area contributed by atoms with Crippen LogP contribution >= 0.6 is 0 Å². The van der Waals surface area contributed by atoms with E-state index in [0.717, 1.165) is 24.3 Å². The SMILES string of the molecule is CC[C@@H]1CN(C(=O)C(F)(F)F)C2(CC2)CN1C(=O)[C@@H]1CCCN1. The van der Waals surface area contributed by atoms with Gasteiger partial charge in [0.05, 0.1) is 11.6 Å². The molecule has 23 heavy (non-hydrogen) atoms. The van der Waals surface area contributed by atoms with Gasteiger partial charge in [0.2, 0.25) is 5.91 Å². The summed E-state index contributed by atoms with van der Waals surface area (Å²) in [7, 11) is 0. The lowest BCUT2D eigenvalue weighted by atomic mass is 10.0. The van der Waals surface area contributed by atoms with Crippen LogP contribution < -0.4 is 5.32 Å². The van der Waals surface area contributed by atoms with Crippen molar-refractivity contribution in [2.75, 3.05) is 19.6 Å². The fraction of sp³-hybridized carbons (Fsp3) is 0.867. The fourth-order valence-electron chi connectivity index (χ4n) is 3.76. The van der Waals surface area contributed by atoms with Crippen LogP contribution in [-0.4, -0.2) is 65.0 Å². The van der Waals surface area contributed by atoms with Crippen molar-refractivity contribution in [3.8, 4) is 0 Å². The highest BCUT2D eigenvalue weighted by Gasteiger charge is 2.60. The van der Waals surface area contributed by atoms with E-state index in [4.69, 9.17) is 0 Å². The van der Waals surface area contributed by atoms with Crippen LogP contribution in [0.3, 0.4) is 0 Å². The summed E-state index contributed by atoms with van der Waals surface area (Å²) in [5, 5.41) is 3.15. The van der Waals surface area contributed by atoms with Gasteiger partial charge in [0.15, 0.2) is 0 Å². The van der Waals surface area contributed by atoms with Crippen LogP contribution in [0.2, 0.25) is 0 Å². The number of nitrogens with one attached hydrogen (secondary N) is 1. The van der Waals surface area contributed by atoms with Crippen LogP contribution in [0.4, 0.5) is 13.2 Å². The Balaban J connectivity index is 1.79. The molecule has 3 aliphatic rings. The smallest absolute Gasteiger partial charge is 0.334 e. The van der Waals surface area contributed by atoms with Gasteiger partial charge >= 0.3 is 12.1 Å². The van der Waals surface area contributed by atoms with E-state index in [1.54, 1.807) is 4.90 Å². The Morgan fingerprint density at radius 3 is 2.48 bits per heavy atom. The number of hydrogen-bond acceptors (Lipinski definition) is 3. The summed E-state index contributed by atoms with van der Waals surface area (Å²) >= 11 is 0. The molecule has 2 atom stereocenters. The first kappa shape index (κ1) is 16.5. The quantitative estimate of drug-likeness (QED) is 0.828. The van der Waals surface area contributed by atoms with Crippen molar-refractivity contribution < 1.29 is 22.8 Å². The summed E-state index contributed by atoms with van der Waals surface area (Å²) in [5.74, 6) is -1.79. The van der Waals surface area contributed by atoms with Crippen molar-refractivity contribution >= 4 is 11.8 Å². The number of alkyl halides is 3. The van der Waals surface area contributed by atoms with E-state index in [2.05, 4.69) is 5.32 Å². The zero-order chi connectivity index (χ0) is 16.8. The molecule has 3 rings (SSSR count). The van der Waals surface area contributed by atoms with Crippen molar-refractivity contribution in [1.29, 1.82) is 0 Å². The van der Waals surface area contributed by atoms with Crippen LogP contribution in [0.1, 0.15) is 39.0 Å². The largest absolute Gasteiger partial charge is 0.471 e. The number of rotatable bonds is 2. The molecule has 0 aromatic heterocycles. The number of carbonyl (C=O) groups excluding carboxylic acids is 2. The molecule has 5 nitrogen and oxygen atoms in total. The Morgan fingerprint density at radius 1 is 1.30 bits per heavy atom. The third-order valence-corrected chi connectivity index (χ3v) is 5.30. The highest BCUT2D eigenvalue weighted by molar-refractivity contribution is 5.85. The normalized spacial score (nSPS) is 29.9. The fourth-order valence-corrected chi connectivity index (χ4v) is 3.76. The average Bonchev–Trinajstić information content (AvgIpc) is 3.05. The van der Waals surface area contributed by atoms with Crippen LogP contribution in [0.25, 0.3) is 0 Å². The first-order chi connectivity index (χ1) is 10.8. The van der Waals surface area contributed by atoms with Gasteiger partial charge in [-0.1, -0.05) is 6.92 Å². The number of amides is 2. The van der Waals surface area contributed by atoms with Crippen molar-refractivity contribution in [2.24, 2.45) is 0 Å². The second kappa shape index (κ2) is 5.65. The number of carbonyl (C=O) groups is 2. The minimum absolute atomic E-state index is 0.0205. The molecule has 2 aliphatic heterocycles. The molecule has 2 heterocycles. The summed E-state index contributed by atoms with van der Waals surface area (Å²) in [4.78, 5) is 27.1. The Kier molecular flexibility index (Phi) is 4.06. The van der Waals surface area contributed by atoms with Gasteiger partial charge in [0.1, 0.15) is 0 Å². The Hall–Kier alpha value is -1.31. The Bertz CT molecular complexity index is 499. The summed E-state index contributed by atoms with van der Waals surface area (Å²) in [6, 6.07) is -0.577. The van der Waals surface area contributed by atoms with Gasteiger partial charge in [-0.15, -0.1) is 0 Å². The van der Waals surface area contributed by atoms with E-state index < -0.39 is 17.6 Å². The second-order valence-corrected chi connectivity index (χ2v) is 6.82.